The highest BCUT2D eigenvalue weighted by Crippen LogP contribution is 2.25. The zero-order chi connectivity index (χ0) is 26.5. The van der Waals surface area contributed by atoms with Crippen LogP contribution in [0, 0.1) is 0 Å². The lowest BCUT2D eigenvalue weighted by molar-refractivity contribution is -0.142. The summed E-state index contributed by atoms with van der Waals surface area (Å²) >= 11 is 0. The van der Waals surface area contributed by atoms with Gasteiger partial charge >= 0.3 is 16.3 Å². The van der Waals surface area contributed by atoms with E-state index in [0.717, 1.165) is 0 Å². The highest BCUT2D eigenvalue weighted by Gasteiger charge is 2.25. The Kier molecular flexibility index (Phi) is 13.8. The van der Waals surface area contributed by atoms with E-state index in [-0.39, 0.29) is 31.8 Å². The number of unbranched alkanes of at least 4 members (excludes halogenated alkanes) is 1. The van der Waals surface area contributed by atoms with Gasteiger partial charge in [0.25, 0.3) is 7.59 Å². The number of hydrogen-bond donors (Lipinski definition) is 10. The molecule has 0 aromatic heterocycles. The van der Waals surface area contributed by atoms with Crippen molar-refractivity contribution in [1.82, 2.24) is 20.2 Å². The molecule has 4 unspecified atom stereocenters. The van der Waals surface area contributed by atoms with Crippen LogP contribution in [0.5, 0.6) is 0 Å². The fraction of sp³-hybridized carbons (Fsp3) is 0.733. The van der Waals surface area contributed by atoms with Crippen molar-refractivity contribution in [1.29, 1.82) is 0 Å². The first kappa shape index (κ1) is 31.7. The molecule has 0 fully saturated rings. The Morgan fingerprint density at radius 1 is 1.06 bits per heavy atom. The van der Waals surface area contributed by atoms with Crippen molar-refractivity contribution < 1.29 is 37.0 Å². The van der Waals surface area contributed by atoms with Gasteiger partial charge in [0.2, 0.25) is 11.8 Å². The summed E-state index contributed by atoms with van der Waals surface area (Å²) in [5, 5.41) is 16.2. The summed E-state index contributed by atoms with van der Waals surface area (Å²) in [4.78, 5) is 39.6. The predicted molar refractivity (Wildman–Crippen MR) is 123 cm³/mol. The lowest BCUT2D eigenvalue weighted by Crippen LogP contribution is -2.53. The van der Waals surface area contributed by atoms with Crippen molar-refractivity contribution in [3.8, 4) is 0 Å². The van der Waals surface area contributed by atoms with Crippen LogP contribution in [0.15, 0.2) is 4.99 Å². The van der Waals surface area contributed by atoms with E-state index < -0.39 is 53.8 Å². The molecule has 0 spiro atoms. The number of rotatable bonds is 17. The number of amides is 2. The lowest BCUT2D eigenvalue weighted by atomic mass is 10.1. The van der Waals surface area contributed by atoms with Crippen molar-refractivity contribution in [3.05, 3.63) is 0 Å². The molecule has 198 valence electrons. The first-order valence-corrected chi connectivity index (χ1v) is 13.3. The summed E-state index contributed by atoms with van der Waals surface area (Å²) in [7, 11) is -8.84. The van der Waals surface area contributed by atoms with Crippen molar-refractivity contribution in [2.75, 3.05) is 13.1 Å². The van der Waals surface area contributed by atoms with E-state index in [4.69, 9.17) is 27.3 Å². The molecule has 0 aliphatic heterocycles. The number of aliphatic carboxylic acids is 1. The average molecular weight is 532 g/mol. The fourth-order valence-electron chi connectivity index (χ4n) is 2.51. The van der Waals surface area contributed by atoms with Crippen molar-refractivity contribution in [3.63, 3.8) is 0 Å². The van der Waals surface area contributed by atoms with Gasteiger partial charge in [0.1, 0.15) is 12.1 Å². The largest absolute Gasteiger partial charge is 0.480 e. The third-order valence-electron chi connectivity index (χ3n) is 4.19. The number of guanidine groups is 1. The number of hydrogen-bond acceptors (Lipinski definition) is 8. The van der Waals surface area contributed by atoms with E-state index in [0.29, 0.717) is 19.4 Å². The van der Waals surface area contributed by atoms with Gasteiger partial charge in [-0.15, -0.1) is 4.49 Å². The Labute approximate surface area is 197 Å². The number of carboxylic acid groups (broad SMARTS) is 1. The van der Waals surface area contributed by atoms with Crippen LogP contribution in [0.3, 0.4) is 0 Å². The van der Waals surface area contributed by atoms with Gasteiger partial charge in [-0.1, -0.05) is 0 Å². The molecule has 0 heterocycles. The maximum Gasteiger partial charge on any atom is 0.341 e. The minimum Gasteiger partial charge on any atom is -0.480 e. The third kappa shape index (κ3) is 15.5. The van der Waals surface area contributed by atoms with Gasteiger partial charge in [0, 0.05) is 13.1 Å². The number of carboxylic acids is 1. The predicted octanol–water partition coefficient (Wildman–Crippen LogP) is -3.34. The topological polar surface area (TPSA) is 307 Å². The zero-order valence-electron chi connectivity index (χ0n) is 18.6. The van der Waals surface area contributed by atoms with Gasteiger partial charge in [-0.25, -0.2) is 9.88 Å². The number of nitrogens with one attached hydrogen (secondary N) is 4. The van der Waals surface area contributed by atoms with E-state index in [2.05, 4.69) is 20.7 Å². The summed E-state index contributed by atoms with van der Waals surface area (Å²) in [5.74, 6) is -2.73. The van der Waals surface area contributed by atoms with E-state index in [9.17, 15) is 32.5 Å². The Morgan fingerprint density at radius 3 is 2.21 bits per heavy atom. The molecule has 0 aliphatic carbocycles. The molecule has 0 saturated heterocycles. The molecule has 19 heteroatoms. The molecule has 0 radical (unpaired) electrons. The van der Waals surface area contributed by atoms with Gasteiger partial charge in [-0.2, -0.15) is 8.42 Å². The molecule has 0 aromatic rings. The molecule has 0 aliphatic rings. The van der Waals surface area contributed by atoms with Crippen LogP contribution in [-0.2, 0) is 29.3 Å². The minimum atomic E-state index is -4.77. The normalized spacial score (nSPS) is 15.9. The van der Waals surface area contributed by atoms with Crippen molar-refractivity contribution in [2.45, 2.75) is 57.2 Å². The smallest absolute Gasteiger partial charge is 0.341 e. The van der Waals surface area contributed by atoms with Crippen LogP contribution < -0.4 is 42.9 Å². The first-order valence-electron chi connectivity index (χ1n) is 10.1. The highest BCUT2D eigenvalue weighted by atomic mass is 32.2. The van der Waals surface area contributed by atoms with Gasteiger partial charge in [-0.05, 0) is 39.0 Å². The maximum atomic E-state index is 12.3. The summed E-state index contributed by atoms with van der Waals surface area (Å²) in [6.07, 6.45) is 1.27. The molecule has 17 nitrogen and oxygen atoms in total. The van der Waals surface area contributed by atoms with E-state index in [1.165, 1.54) is 11.4 Å². The Balaban J connectivity index is 4.47. The molecule has 0 bridgehead atoms. The molecule has 0 rings (SSSR count). The van der Waals surface area contributed by atoms with Gasteiger partial charge in [0.05, 0.1) is 6.04 Å². The van der Waals surface area contributed by atoms with Crippen LogP contribution in [-0.4, -0.2) is 73.0 Å². The van der Waals surface area contributed by atoms with Crippen LogP contribution in [0.4, 0.5) is 0 Å². The number of carbonyl (C=O) groups is 3. The molecular formula is C15H34N9O8PS. The summed E-state index contributed by atoms with van der Waals surface area (Å²) < 4.78 is 42.9. The standard InChI is InChI=1S/C15H34N9O8PS/c1-9(12(25)23-11(14(27)28)6-2-3-7-20-15(17)18)22-13(26)10(16)5-4-8-21-33(19,29)24-34(30,31)32/h9-11H,2-8,16H2,1H3,(H,22,26)(H,23,25)(H,27,28)(H4,17,18,20)(H,30,31,32)(H4,19,21,24,29). The molecule has 0 saturated carbocycles. The molecule has 0 aromatic carbocycles. The number of nitrogens with two attached hydrogens (primary N) is 4. The molecule has 2 amide bonds. The van der Waals surface area contributed by atoms with E-state index >= 15 is 0 Å². The lowest BCUT2D eigenvalue weighted by Gasteiger charge is -2.20. The number of carbonyl (C=O) groups excluding carboxylic acids is 2. The minimum absolute atomic E-state index is 0.0482. The van der Waals surface area contributed by atoms with Crippen LogP contribution in [0.1, 0.15) is 39.0 Å². The quantitative estimate of drug-likeness (QED) is 0.0289. The third-order valence-corrected chi connectivity index (χ3v) is 6.89. The average Bonchev–Trinajstić information content (AvgIpc) is 2.67. The van der Waals surface area contributed by atoms with Gasteiger partial charge in [-0.3, -0.25) is 29.2 Å². The molecule has 34 heavy (non-hydrogen) atoms. The van der Waals surface area contributed by atoms with Crippen LogP contribution >= 0.6 is 7.59 Å². The zero-order valence-corrected chi connectivity index (χ0v) is 20.3. The Hall–Kier alpha value is -2.34. The Morgan fingerprint density at radius 2 is 1.68 bits per heavy atom. The second-order valence-electron chi connectivity index (χ2n) is 7.31. The summed E-state index contributed by atoms with van der Waals surface area (Å²) in [6, 6.07) is -3.33. The summed E-state index contributed by atoms with van der Waals surface area (Å²) in [5.41, 5.74) is 21.3. The molecule has 14 N–H and O–H groups in total. The van der Waals surface area contributed by atoms with Crippen LogP contribution in [0.2, 0.25) is 0 Å². The van der Waals surface area contributed by atoms with E-state index in [1.807, 2.05) is 0 Å². The van der Waals surface area contributed by atoms with Crippen molar-refractivity contribution >= 4 is 41.6 Å². The second-order valence-corrected chi connectivity index (χ2v) is 10.6. The maximum absolute atomic E-state index is 12.3. The molecule has 4 atom stereocenters. The SMILES string of the molecule is CC(NC(=O)C(N)CCCNP(N)(=O)NS(=O)(=O)O)C(=O)NC(CCCCN=C(N)N)C(=O)O. The monoisotopic (exact) mass is 531 g/mol. The Bertz CT molecular complexity index is 881. The van der Waals surface area contributed by atoms with E-state index in [1.54, 1.807) is 0 Å². The first-order chi connectivity index (χ1) is 15.5. The second kappa shape index (κ2) is 14.8. The molecular weight excluding hydrogens is 497 g/mol. The number of aliphatic imine (C=N–C) groups is 1. The van der Waals surface area contributed by atoms with Crippen molar-refractivity contribution in [2.24, 2.45) is 27.7 Å². The van der Waals surface area contributed by atoms with Crippen LogP contribution in [0.25, 0.3) is 0 Å². The summed E-state index contributed by atoms with van der Waals surface area (Å²) in [6.45, 7) is 1.57. The fourth-order valence-corrected chi connectivity index (χ4v) is 4.63. The van der Waals surface area contributed by atoms with Gasteiger partial charge < -0.3 is 32.9 Å². The number of nitrogens with zero attached hydrogens (tertiary/aromatic N) is 1. The van der Waals surface area contributed by atoms with Gasteiger partial charge in [0.15, 0.2) is 5.96 Å². The highest BCUT2D eigenvalue weighted by molar-refractivity contribution is 7.90.